The van der Waals surface area contributed by atoms with Gasteiger partial charge in [-0.25, -0.2) is 4.79 Å². The predicted molar refractivity (Wildman–Crippen MR) is 92.2 cm³/mol. The van der Waals surface area contributed by atoms with E-state index in [2.05, 4.69) is 20.8 Å². The number of aliphatic hydroxyl groups excluding tert-OH is 1. The summed E-state index contributed by atoms with van der Waals surface area (Å²) in [4.78, 5) is 11.3. The van der Waals surface area contributed by atoms with Crippen molar-refractivity contribution < 1.29 is 19.7 Å². The van der Waals surface area contributed by atoms with Gasteiger partial charge < -0.3 is 14.9 Å². The maximum absolute atomic E-state index is 11.3. The first kappa shape index (κ1) is 17.9. The lowest BCUT2D eigenvalue weighted by Gasteiger charge is -2.64. The minimum Gasteiger partial charge on any atom is -0.458 e. The molecular formula is C20H32O4. The van der Waals surface area contributed by atoms with Gasteiger partial charge in [0.1, 0.15) is 6.61 Å². The Hall–Kier alpha value is -0.870. The average Bonchev–Trinajstić information content (AvgIpc) is 2.93. The van der Waals surface area contributed by atoms with Crippen LogP contribution in [0.15, 0.2) is 11.6 Å². The van der Waals surface area contributed by atoms with E-state index >= 15 is 0 Å². The summed E-state index contributed by atoms with van der Waals surface area (Å²) < 4.78 is 5.03. The highest BCUT2D eigenvalue weighted by atomic mass is 16.5. The summed E-state index contributed by atoms with van der Waals surface area (Å²) in [6.07, 6.45) is 6.54. The van der Waals surface area contributed by atoms with E-state index in [0.29, 0.717) is 24.9 Å². The summed E-state index contributed by atoms with van der Waals surface area (Å²) in [6.45, 7) is 9.11. The third-order valence-electron chi connectivity index (χ3n) is 8.03. The van der Waals surface area contributed by atoms with Crippen LogP contribution in [0, 0.1) is 22.7 Å². The number of fused-ring (bicyclic) bond motifs is 1. The topological polar surface area (TPSA) is 66.8 Å². The molecule has 0 amide bonds. The number of carbonyl (C=O) groups is 1. The van der Waals surface area contributed by atoms with Crippen LogP contribution in [-0.2, 0) is 9.53 Å². The van der Waals surface area contributed by atoms with Crippen molar-refractivity contribution in [3.05, 3.63) is 11.6 Å². The molecule has 4 heteroatoms. The van der Waals surface area contributed by atoms with Crippen LogP contribution in [-0.4, -0.2) is 34.5 Å². The van der Waals surface area contributed by atoms with E-state index in [0.717, 1.165) is 37.7 Å². The maximum Gasteiger partial charge on any atom is 0.331 e. The summed E-state index contributed by atoms with van der Waals surface area (Å²) in [7, 11) is 0. The van der Waals surface area contributed by atoms with Crippen molar-refractivity contribution in [3.8, 4) is 0 Å². The molecule has 24 heavy (non-hydrogen) atoms. The van der Waals surface area contributed by atoms with Gasteiger partial charge >= 0.3 is 5.97 Å². The molecule has 0 saturated heterocycles. The number of cyclic esters (lactones) is 1. The van der Waals surface area contributed by atoms with E-state index in [1.54, 1.807) is 6.08 Å². The number of esters is 1. The van der Waals surface area contributed by atoms with E-state index in [-0.39, 0.29) is 16.8 Å². The van der Waals surface area contributed by atoms with Crippen LogP contribution in [0.3, 0.4) is 0 Å². The van der Waals surface area contributed by atoms with Gasteiger partial charge in [-0.15, -0.1) is 0 Å². The lowest BCUT2D eigenvalue weighted by atomic mass is 9.43. The number of rotatable bonds is 3. The first-order chi connectivity index (χ1) is 11.1. The quantitative estimate of drug-likeness (QED) is 0.777. The van der Waals surface area contributed by atoms with Gasteiger partial charge in [0.15, 0.2) is 0 Å². The Morgan fingerprint density at radius 3 is 2.58 bits per heavy atom. The van der Waals surface area contributed by atoms with Crippen LogP contribution in [0.1, 0.15) is 66.2 Å². The van der Waals surface area contributed by atoms with Crippen LogP contribution in [0.2, 0.25) is 0 Å². The monoisotopic (exact) mass is 336 g/mol. The van der Waals surface area contributed by atoms with Crippen molar-refractivity contribution in [2.75, 3.05) is 6.61 Å². The second-order valence-electron chi connectivity index (χ2n) is 9.07. The van der Waals surface area contributed by atoms with Crippen molar-refractivity contribution in [2.45, 2.75) is 77.9 Å². The van der Waals surface area contributed by atoms with Crippen LogP contribution >= 0.6 is 0 Å². The first-order valence-electron chi connectivity index (χ1n) is 9.38. The fourth-order valence-corrected chi connectivity index (χ4v) is 5.74. The van der Waals surface area contributed by atoms with E-state index < -0.39 is 11.7 Å². The van der Waals surface area contributed by atoms with Gasteiger partial charge in [0.25, 0.3) is 0 Å². The smallest absolute Gasteiger partial charge is 0.331 e. The fraction of sp³-hybridized carbons (Fsp3) is 0.850. The second-order valence-corrected chi connectivity index (χ2v) is 9.07. The summed E-state index contributed by atoms with van der Waals surface area (Å²) in [5.74, 6) is 0.728. The highest BCUT2D eigenvalue weighted by Gasteiger charge is 2.62. The number of carbonyl (C=O) groups excluding carboxylic acids is 1. The van der Waals surface area contributed by atoms with E-state index in [9.17, 15) is 15.0 Å². The third kappa shape index (κ3) is 2.53. The molecule has 0 unspecified atom stereocenters. The first-order valence-corrected chi connectivity index (χ1v) is 9.38. The lowest BCUT2D eigenvalue weighted by molar-refractivity contribution is -0.235. The molecule has 1 heterocycles. The van der Waals surface area contributed by atoms with Crippen molar-refractivity contribution in [1.82, 2.24) is 0 Å². The molecule has 0 aromatic heterocycles. The Morgan fingerprint density at radius 2 is 1.96 bits per heavy atom. The van der Waals surface area contributed by atoms with Crippen molar-refractivity contribution >= 4 is 5.97 Å². The van der Waals surface area contributed by atoms with E-state index in [1.807, 2.05) is 6.92 Å². The van der Waals surface area contributed by atoms with Crippen LogP contribution in [0.4, 0.5) is 0 Å². The molecule has 0 aromatic rings. The summed E-state index contributed by atoms with van der Waals surface area (Å²) in [5, 5.41) is 21.5. The molecule has 2 fully saturated rings. The molecule has 0 radical (unpaired) electrons. The molecule has 0 spiro atoms. The van der Waals surface area contributed by atoms with Crippen molar-refractivity contribution in [2.24, 2.45) is 22.7 Å². The van der Waals surface area contributed by atoms with Crippen LogP contribution < -0.4 is 0 Å². The summed E-state index contributed by atoms with van der Waals surface area (Å²) in [6, 6.07) is 0. The van der Waals surface area contributed by atoms with Crippen LogP contribution in [0.5, 0.6) is 0 Å². The molecule has 6 atom stereocenters. The number of hydrogen-bond acceptors (Lipinski definition) is 4. The number of aliphatic hydroxyl groups is 2. The zero-order valence-electron chi connectivity index (χ0n) is 15.5. The van der Waals surface area contributed by atoms with Gasteiger partial charge in [-0.05, 0) is 68.3 Å². The second kappa shape index (κ2) is 5.84. The highest BCUT2D eigenvalue weighted by molar-refractivity contribution is 5.85. The Bertz CT molecular complexity index is 552. The molecule has 1 aliphatic heterocycles. The molecule has 2 aliphatic carbocycles. The van der Waals surface area contributed by atoms with Crippen LogP contribution in [0.25, 0.3) is 0 Å². The summed E-state index contributed by atoms with van der Waals surface area (Å²) in [5.41, 5.74) is -0.113. The van der Waals surface area contributed by atoms with Gasteiger partial charge in [0.05, 0.1) is 11.7 Å². The van der Waals surface area contributed by atoms with Gasteiger partial charge in [0.2, 0.25) is 0 Å². The van der Waals surface area contributed by atoms with Gasteiger partial charge in [0, 0.05) is 11.5 Å². The minimum absolute atomic E-state index is 0.101. The predicted octanol–water partition coefficient (Wildman–Crippen LogP) is 3.21. The summed E-state index contributed by atoms with van der Waals surface area (Å²) >= 11 is 0. The van der Waals surface area contributed by atoms with E-state index in [1.165, 1.54) is 0 Å². The number of ether oxygens (including phenoxy) is 1. The van der Waals surface area contributed by atoms with Crippen molar-refractivity contribution in [3.63, 3.8) is 0 Å². The molecule has 136 valence electrons. The Kier molecular flexibility index (Phi) is 4.37. The molecule has 0 aromatic carbocycles. The molecule has 0 bridgehead atoms. The Labute approximate surface area is 145 Å². The fourth-order valence-electron chi connectivity index (χ4n) is 5.74. The number of hydrogen-bond donors (Lipinski definition) is 2. The van der Waals surface area contributed by atoms with Crippen molar-refractivity contribution in [1.29, 1.82) is 0 Å². The highest BCUT2D eigenvalue weighted by Crippen LogP contribution is 2.64. The minimum atomic E-state index is -1.04. The zero-order valence-corrected chi connectivity index (χ0v) is 15.5. The molecule has 4 nitrogen and oxygen atoms in total. The lowest BCUT2D eigenvalue weighted by Crippen LogP contribution is -2.65. The Morgan fingerprint density at radius 1 is 1.25 bits per heavy atom. The third-order valence-corrected chi connectivity index (χ3v) is 8.03. The normalized spacial score (nSPS) is 48.7. The van der Waals surface area contributed by atoms with Gasteiger partial charge in [-0.2, -0.15) is 0 Å². The molecule has 2 saturated carbocycles. The molecule has 3 rings (SSSR count). The molecule has 2 N–H and O–H groups in total. The standard InChI is InChI=1S/C20H32O4/c1-13-7-10-19(3)15(5-6-16(21)20(19,4)23)18(13,2)9-8-14-11-17(22)24-12-14/h11,13,15-16,21,23H,5-10,12H2,1-4H3/t13-,15-,16-,18+,19-,20+/m1/s1. The largest absolute Gasteiger partial charge is 0.458 e. The van der Waals surface area contributed by atoms with E-state index in [4.69, 9.17) is 4.74 Å². The zero-order chi connectivity index (χ0) is 17.8. The Balaban J connectivity index is 1.85. The maximum atomic E-state index is 11.3. The molecular weight excluding hydrogens is 304 g/mol. The average molecular weight is 336 g/mol. The molecule has 3 aliphatic rings. The SMILES string of the molecule is C[C@@H]1CC[C@]2(C)[C@H](CC[C@@H](O)[C@]2(C)O)[C@@]1(C)CCC1=CC(=O)OC1. The van der Waals surface area contributed by atoms with Gasteiger partial charge in [-0.3, -0.25) is 0 Å². The van der Waals surface area contributed by atoms with Gasteiger partial charge in [-0.1, -0.05) is 20.8 Å².